The third-order valence-corrected chi connectivity index (χ3v) is 6.17. The number of aromatic nitrogens is 2. The zero-order chi connectivity index (χ0) is 21.1. The van der Waals surface area contributed by atoms with Crippen LogP contribution in [0.5, 0.6) is 0 Å². The summed E-state index contributed by atoms with van der Waals surface area (Å²) in [7, 11) is 0. The summed E-state index contributed by atoms with van der Waals surface area (Å²) < 4.78 is 1.83. The molecule has 30 heavy (non-hydrogen) atoms. The third-order valence-electron chi connectivity index (χ3n) is 6.17. The Bertz CT molecular complexity index is 1250. The van der Waals surface area contributed by atoms with Crippen LogP contribution in [0.1, 0.15) is 66.6 Å². The highest BCUT2D eigenvalue weighted by Gasteiger charge is 2.18. The second-order valence-corrected chi connectivity index (χ2v) is 8.00. The lowest BCUT2D eigenvalue weighted by Gasteiger charge is -2.23. The first-order chi connectivity index (χ1) is 14.7. The highest BCUT2D eigenvalue weighted by molar-refractivity contribution is 5.80. The van der Waals surface area contributed by atoms with Gasteiger partial charge in [0.2, 0.25) is 0 Å². The fourth-order valence-electron chi connectivity index (χ4n) is 4.57. The molecule has 0 amide bonds. The Labute approximate surface area is 175 Å². The molecule has 2 aromatic carbocycles. The van der Waals surface area contributed by atoms with E-state index < -0.39 is 0 Å². The summed E-state index contributed by atoms with van der Waals surface area (Å²) in [6.07, 6.45) is 12.4. The SMILES string of the molecule is C/C=c1\c(=C/N)c(Cc2ccc(C=O)cc2)cc2c(=O)n(C3CCCCC3)cnc12. The molecular formula is C25H27N3O2. The van der Waals surface area contributed by atoms with Gasteiger partial charge in [0.05, 0.1) is 17.2 Å². The Morgan fingerprint density at radius 3 is 2.50 bits per heavy atom. The van der Waals surface area contributed by atoms with Crippen molar-refractivity contribution in [2.45, 2.75) is 51.5 Å². The molecule has 1 saturated carbocycles. The van der Waals surface area contributed by atoms with Crippen molar-refractivity contribution in [1.82, 2.24) is 9.55 Å². The summed E-state index contributed by atoms with van der Waals surface area (Å²) in [4.78, 5) is 29.0. The number of carbonyl (C=O) groups excluding carboxylic acids is 1. The number of carbonyl (C=O) groups is 1. The fraction of sp³-hybridized carbons (Fsp3) is 0.320. The van der Waals surface area contributed by atoms with E-state index in [2.05, 4.69) is 4.98 Å². The van der Waals surface area contributed by atoms with Gasteiger partial charge >= 0.3 is 0 Å². The molecule has 1 heterocycles. The normalized spacial score (nSPS) is 16.3. The van der Waals surface area contributed by atoms with Crippen molar-refractivity contribution in [2.24, 2.45) is 5.73 Å². The molecule has 0 aliphatic heterocycles. The zero-order valence-electron chi connectivity index (χ0n) is 17.3. The van der Waals surface area contributed by atoms with Gasteiger partial charge in [-0.05, 0) is 43.4 Å². The first-order valence-electron chi connectivity index (χ1n) is 10.6. The molecule has 1 aliphatic rings. The molecule has 4 rings (SSSR count). The van der Waals surface area contributed by atoms with E-state index in [4.69, 9.17) is 5.73 Å². The Kier molecular flexibility index (Phi) is 5.79. The first kappa shape index (κ1) is 20.1. The molecule has 154 valence electrons. The lowest BCUT2D eigenvalue weighted by molar-refractivity contribution is 0.112. The maximum Gasteiger partial charge on any atom is 0.261 e. The van der Waals surface area contributed by atoms with Crippen molar-refractivity contribution in [1.29, 1.82) is 0 Å². The van der Waals surface area contributed by atoms with Gasteiger partial charge in [-0.25, -0.2) is 4.98 Å². The van der Waals surface area contributed by atoms with Crippen molar-refractivity contribution in [3.8, 4) is 0 Å². The van der Waals surface area contributed by atoms with Crippen LogP contribution in [0.3, 0.4) is 0 Å². The molecular weight excluding hydrogens is 374 g/mol. The molecule has 0 atom stereocenters. The van der Waals surface area contributed by atoms with Gasteiger partial charge in [0, 0.05) is 28.2 Å². The Hall–Kier alpha value is -3.21. The molecule has 0 unspecified atom stereocenters. The Balaban J connectivity index is 1.89. The summed E-state index contributed by atoms with van der Waals surface area (Å²) in [6, 6.07) is 9.67. The van der Waals surface area contributed by atoms with Gasteiger partial charge in [0.1, 0.15) is 6.29 Å². The van der Waals surface area contributed by atoms with Crippen LogP contribution in [-0.2, 0) is 6.42 Å². The van der Waals surface area contributed by atoms with E-state index >= 15 is 0 Å². The van der Waals surface area contributed by atoms with E-state index in [0.29, 0.717) is 22.9 Å². The van der Waals surface area contributed by atoms with Crippen LogP contribution in [0.4, 0.5) is 0 Å². The second-order valence-electron chi connectivity index (χ2n) is 8.00. The molecule has 0 saturated heterocycles. The molecule has 5 nitrogen and oxygen atoms in total. The Morgan fingerprint density at radius 1 is 1.13 bits per heavy atom. The number of benzene rings is 2. The smallest absolute Gasteiger partial charge is 0.261 e. The molecule has 2 N–H and O–H groups in total. The Morgan fingerprint density at radius 2 is 1.87 bits per heavy atom. The van der Waals surface area contributed by atoms with E-state index in [9.17, 15) is 9.59 Å². The predicted molar refractivity (Wildman–Crippen MR) is 121 cm³/mol. The number of hydrogen-bond acceptors (Lipinski definition) is 4. The minimum absolute atomic E-state index is 0.0242. The highest BCUT2D eigenvalue weighted by Crippen LogP contribution is 2.26. The average Bonchev–Trinajstić information content (AvgIpc) is 2.80. The van der Waals surface area contributed by atoms with Crippen LogP contribution < -0.4 is 21.7 Å². The van der Waals surface area contributed by atoms with Gasteiger partial charge in [-0.1, -0.05) is 49.6 Å². The standard InChI is InChI=1S/C25H27N3O2/c1-2-21-23(14-26)19(12-17-8-10-18(15-29)11-9-17)13-22-24(21)27-16-28(25(22)30)20-6-4-3-5-7-20/h2,8-11,13-16,20H,3-7,12,26H2,1H3/b21-2+,23-14-. The number of rotatable bonds is 4. The van der Waals surface area contributed by atoms with Crippen LogP contribution in [0.2, 0.25) is 0 Å². The summed E-state index contributed by atoms with van der Waals surface area (Å²) in [6.45, 7) is 1.94. The highest BCUT2D eigenvalue weighted by atomic mass is 16.1. The quantitative estimate of drug-likeness (QED) is 0.682. The molecule has 3 aromatic rings. The van der Waals surface area contributed by atoms with Gasteiger partial charge < -0.3 is 5.73 Å². The van der Waals surface area contributed by atoms with Gasteiger partial charge in [0.15, 0.2) is 0 Å². The minimum atomic E-state index is 0.0242. The molecule has 0 bridgehead atoms. The summed E-state index contributed by atoms with van der Waals surface area (Å²) >= 11 is 0. The summed E-state index contributed by atoms with van der Waals surface area (Å²) in [5.74, 6) is 0. The first-order valence-corrected chi connectivity index (χ1v) is 10.6. The minimum Gasteiger partial charge on any atom is -0.404 e. The van der Waals surface area contributed by atoms with Crippen molar-refractivity contribution >= 4 is 29.5 Å². The van der Waals surface area contributed by atoms with Gasteiger partial charge in [-0.15, -0.1) is 0 Å². The van der Waals surface area contributed by atoms with Crippen molar-refractivity contribution < 1.29 is 4.79 Å². The lowest BCUT2D eigenvalue weighted by Crippen LogP contribution is -2.35. The summed E-state index contributed by atoms with van der Waals surface area (Å²) in [5.41, 5.74) is 9.41. The third kappa shape index (κ3) is 3.67. The summed E-state index contributed by atoms with van der Waals surface area (Å²) in [5, 5.41) is 2.43. The number of nitrogens with two attached hydrogens (primary N) is 1. The zero-order valence-corrected chi connectivity index (χ0v) is 17.3. The van der Waals surface area contributed by atoms with Crippen LogP contribution in [0, 0.1) is 0 Å². The molecule has 1 fully saturated rings. The van der Waals surface area contributed by atoms with E-state index in [-0.39, 0.29) is 11.6 Å². The maximum atomic E-state index is 13.4. The number of hydrogen-bond donors (Lipinski definition) is 1. The van der Waals surface area contributed by atoms with E-state index in [1.165, 1.54) is 6.42 Å². The average molecular weight is 402 g/mol. The van der Waals surface area contributed by atoms with Crippen molar-refractivity contribution in [2.75, 3.05) is 0 Å². The molecule has 5 heteroatoms. The van der Waals surface area contributed by atoms with E-state index in [1.54, 1.807) is 24.7 Å². The largest absolute Gasteiger partial charge is 0.404 e. The molecule has 0 radical (unpaired) electrons. The monoisotopic (exact) mass is 401 g/mol. The maximum absolute atomic E-state index is 13.4. The lowest BCUT2D eigenvalue weighted by atomic mass is 9.95. The molecule has 0 spiro atoms. The molecule has 1 aromatic heterocycles. The predicted octanol–water partition coefficient (Wildman–Crippen LogP) is 2.80. The van der Waals surface area contributed by atoms with E-state index in [1.807, 2.05) is 35.8 Å². The van der Waals surface area contributed by atoms with Gasteiger partial charge in [-0.2, -0.15) is 0 Å². The molecule has 1 aliphatic carbocycles. The number of fused-ring (bicyclic) bond motifs is 1. The van der Waals surface area contributed by atoms with Crippen molar-refractivity contribution in [3.63, 3.8) is 0 Å². The van der Waals surface area contributed by atoms with Crippen LogP contribution in [0.25, 0.3) is 23.2 Å². The number of nitrogens with zero attached hydrogens (tertiary/aromatic N) is 2. The topological polar surface area (TPSA) is 78.0 Å². The van der Waals surface area contributed by atoms with Crippen LogP contribution >= 0.6 is 0 Å². The van der Waals surface area contributed by atoms with E-state index in [0.717, 1.165) is 53.5 Å². The van der Waals surface area contributed by atoms with Gasteiger partial charge in [-0.3, -0.25) is 14.2 Å². The van der Waals surface area contributed by atoms with Crippen LogP contribution in [0.15, 0.2) is 41.5 Å². The fourth-order valence-corrected chi connectivity index (χ4v) is 4.57. The van der Waals surface area contributed by atoms with Crippen LogP contribution in [-0.4, -0.2) is 15.8 Å². The number of aldehydes is 1. The van der Waals surface area contributed by atoms with Gasteiger partial charge in [0.25, 0.3) is 5.56 Å². The second kappa shape index (κ2) is 8.66. The van der Waals surface area contributed by atoms with Crippen molar-refractivity contribution in [3.05, 3.63) is 74.1 Å².